The Hall–Kier alpha value is -0.820. The van der Waals surface area contributed by atoms with E-state index in [2.05, 4.69) is 51.6 Å². The summed E-state index contributed by atoms with van der Waals surface area (Å²) in [6.07, 6.45) is 4.25. The van der Waals surface area contributed by atoms with Crippen molar-refractivity contribution in [2.24, 2.45) is 5.92 Å². The molecule has 0 aliphatic heterocycles. The summed E-state index contributed by atoms with van der Waals surface area (Å²) >= 11 is 1.81. The molecular weight excluding hydrogens is 176 g/mol. The monoisotopic (exact) mass is 192 g/mol. The summed E-state index contributed by atoms with van der Waals surface area (Å²) in [7, 11) is 0. The van der Waals surface area contributed by atoms with Crippen LogP contribution in [0.2, 0.25) is 0 Å². The lowest BCUT2D eigenvalue weighted by Crippen LogP contribution is -1.86. The zero-order valence-electron chi connectivity index (χ0n) is 8.50. The Kier molecular flexibility index (Phi) is 3.49. The molecule has 0 atom stereocenters. The van der Waals surface area contributed by atoms with Crippen LogP contribution in [0.15, 0.2) is 30.4 Å². The molecule has 13 heavy (non-hydrogen) atoms. The van der Waals surface area contributed by atoms with Crippen molar-refractivity contribution in [1.29, 1.82) is 0 Å². The minimum Gasteiger partial charge on any atom is -0.141 e. The number of hydrogen-bond donors (Lipinski definition) is 0. The summed E-state index contributed by atoms with van der Waals surface area (Å²) in [6, 6.07) is 4.28. The lowest BCUT2D eigenvalue weighted by Gasteiger charge is -2.01. The maximum absolute atomic E-state index is 3.99. The van der Waals surface area contributed by atoms with E-state index in [0.717, 1.165) is 0 Å². The van der Waals surface area contributed by atoms with E-state index in [1.165, 1.54) is 15.3 Å². The van der Waals surface area contributed by atoms with Gasteiger partial charge < -0.3 is 0 Å². The molecule has 0 fully saturated rings. The van der Waals surface area contributed by atoms with Crippen molar-refractivity contribution in [1.82, 2.24) is 0 Å². The van der Waals surface area contributed by atoms with E-state index >= 15 is 0 Å². The van der Waals surface area contributed by atoms with E-state index in [9.17, 15) is 0 Å². The fourth-order valence-electron chi connectivity index (χ4n) is 0.925. The van der Waals surface area contributed by atoms with Crippen LogP contribution >= 0.6 is 11.3 Å². The first kappa shape index (κ1) is 10.3. The predicted molar refractivity (Wildman–Crippen MR) is 62.1 cm³/mol. The minimum atomic E-state index is 0.539. The predicted octanol–water partition coefficient (Wildman–Crippen LogP) is 4.28. The number of hydrogen-bond acceptors (Lipinski definition) is 1. The van der Waals surface area contributed by atoms with Crippen molar-refractivity contribution >= 4 is 17.4 Å². The largest absolute Gasteiger partial charge is 0.141 e. The third kappa shape index (κ3) is 3.19. The van der Waals surface area contributed by atoms with Gasteiger partial charge in [-0.1, -0.05) is 32.1 Å². The highest BCUT2D eigenvalue weighted by molar-refractivity contribution is 7.12. The van der Waals surface area contributed by atoms with Crippen molar-refractivity contribution in [2.75, 3.05) is 0 Å². The zero-order valence-corrected chi connectivity index (χ0v) is 9.32. The molecule has 0 spiro atoms. The molecule has 0 bridgehead atoms. The van der Waals surface area contributed by atoms with Crippen molar-refractivity contribution in [3.63, 3.8) is 0 Å². The van der Waals surface area contributed by atoms with E-state index in [1.807, 2.05) is 11.3 Å². The highest BCUT2D eigenvalue weighted by Crippen LogP contribution is 2.18. The van der Waals surface area contributed by atoms with Gasteiger partial charge in [-0.15, -0.1) is 11.3 Å². The van der Waals surface area contributed by atoms with Crippen LogP contribution < -0.4 is 0 Å². The van der Waals surface area contributed by atoms with Gasteiger partial charge in [-0.05, 0) is 31.1 Å². The Morgan fingerprint density at radius 1 is 1.46 bits per heavy atom. The second-order valence-corrected chi connectivity index (χ2v) is 4.83. The maximum Gasteiger partial charge on any atom is 0.0273 e. The molecule has 0 saturated heterocycles. The second-order valence-electron chi connectivity index (χ2n) is 3.51. The van der Waals surface area contributed by atoms with Gasteiger partial charge in [-0.3, -0.25) is 0 Å². The van der Waals surface area contributed by atoms with Crippen molar-refractivity contribution in [3.05, 3.63) is 40.1 Å². The molecule has 1 aromatic heterocycles. The molecule has 0 N–H and O–H groups in total. The molecule has 0 unspecified atom stereocenters. The van der Waals surface area contributed by atoms with Crippen LogP contribution in [-0.4, -0.2) is 0 Å². The Labute approximate surface area is 84.6 Å². The Bertz CT molecular complexity index is 316. The number of rotatable bonds is 3. The first-order valence-corrected chi connectivity index (χ1v) is 5.34. The molecule has 0 amide bonds. The SMILES string of the molecule is C=C(C=Cc1ccc(C)s1)C(C)C. The fraction of sp³-hybridized carbons (Fsp3) is 0.333. The molecule has 0 aliphatic carbocycles. The standard InChI is InChI=1S/C12H16S/c1-9(2)10(3)5-7-12-8-6-11(4)13-12/h5-9H,3H2,1-2,4H3. The topological polar surface area (TPSA) is 0 Å². The van der Waals surface area contributed by atoms with Gasteiger partial charge in [0.15, 0.2) is 0 Å². The molecule has 1 aromatic rings. The molecule has 0 nitrogen and oxygen atoms in total. The van der Waals surface area contributed by atoms with Gasteiger partial charge in [0, 0.05) is 9.75 Å². The lowest BCUT2D eigenvalue weighted by atomic mass is 10.1. The molecular formula is C12H16S. The van der Waals surface area contributed by atoms with Crippen molar-refractivity contribution in [2.45, 2.75) is 20.8 Å². The van der Waals surface area contributed by atoms with Crippen LogP contribution in [0, 0.1) is 12.8 Å². The second kappa shape index (κ2) is 4.43. The molecule has 0 saturated carbocycles. The normalized spacial score (nSPS) is 11.4. The zero-order chi connectivity index (χ0) is 9.84. The first-order valence-electron chi connectivity index (χ1n) is 4.53. The van der Waals surface area contributed by atoms with Crippen LogP contribution in [0.25, 0.3) is 6.08 Å². The average molecular weight is 192 g/mol. The molecule has 0 aliphatic rings. The molecule has 1 rings (SSSR count). The van der Waals surface area contributed by atoms with Crippen LogP contribution in [0.4, 0.5) is 0 Å². The van der Waals surface area contributed by atoms with E-state index < -0.39 is 0 Å². The lowest BCUT2D eigenvalue weighted by molar-refractivity contribution is 0.796. The van der Waals surface area contributed by atoms with E-state index in [-0.39, 0.29) is 0 Å². The van der Waals surface area contributed by atoms with Crippen LogP contribution in [0.5, 0.6) is 0 Å². The summed E-state index contributed by atoms with van der Waals surface area (Å²) in [5.41, 5.74) is 1.19. The average Bonchev–Trinajstić information content (AvgIpc) is 2.47. The van der Waals surface area contributed by atoms with E-state index in [1.54, 1.807) is 0 Å². The van der Waals surface area contributed by atoms with Gasteiger partial charge >= 0.3 is 0 Å². The smallest absolute Gasteiger partial charge is 0.0273 e. The third-order valence-electron chi connectivity index (χ3n) is 1.96. The van der Waals surface area contributed by atoms with Crippen LogP contribution in [0.1, 0.15) is 23.6 Å². The number of thiophene rings is 1. The number of allylic oxidation sites excluding steroid dienone is 2. The van der Waals surface area contributed by atoms with Crippen LogP contribution in [-0.2, 0) is 0 Å². The van der Waals surface area contributed by atoms with Crippen molar-refractivity contribution in [3.8, 4) is 0 Å². The molecule has 1 heteroatoms. The third-order valence-corrected chi connectivity index (χ3v) is 2.93. The highest BCUT2D eigenvalue weighted by Gasteiger charge is 1.95. The molecule has 1 heterocycles. The highest BCUT2D eigenvalue weighted by atomic mass is 32.1. The van der Waals surface area contributed by atoms with Crippen LogP contribution in [0.3, 0.4) is 0 Å². The van der Waals surface area contributed by atoms with E-state index in [0.29, 0.717) is 5.92 Å². The first-order chi connectivity index (χ1) is 6.09. The molecule has 0 aromatic carbocycles. The minimum absolute atomic E-state index is 0.539. The number of aryl methyl sites for hydroxylation is 1. The van der Waals surface area contributed by atoms with Gasteiger partial charge in [0.2, 0.25) is 0 Å². The van der Waals surface area contributed by atoms with Crippen molar-refractivity contribution < 1.29 is 0 Å². The Morgan fingerprint density at radius 3 is 2.62 bits per heavy atom. The quantitative estimate of drug-likeness (QED) is 0.627. The summed E-state index contributed by atoms with van der Waals surface area (Å²) < 4.78 is 0. The van der Waals surface area contributed by atoms with E-state index in [4.69, 9.17) is 0 Å². The van der Waals surface area contributed by atoms with Gasteiger partial charge in [-0.25, -0.2) is 0 Å². The summed E-state index contributed by atoms with van der Waals surface area (Å²) in [5, 5.41) is 0. The van der Waals surface area contributed by atoms with Gasteiger partial charge in [0.05, 0.1) is 0 Å². The van der Waals surface area contributed by atoms with Gasteiger partial charge in [-0.2, -0.15) is 0 Å². The fourth-order valence-corrected chi connectivity index (χ4v) is 1.70. The Morgan fingerprint density at radius 2 is 2.15 bits per heavy atom. The Balaban J connectivity index is 2.64. The van der Waals surface area contributed by atoms with Gasteiger partial charge in [0.25, 0.3) is 0 Å². The maximum atomic E-state index is 3.99. The molecule has 0 radical (unpaired) electrons. The summed E-state index contributed by atoms with van der Waals surface area (Å²) in [5.74, 6) is 0.539. The van der Waals surface area contributed by atoms with Gasteiger partial charge in [0.1, 0.15) is 0 Å². The summed E-state index contributed by atoms with van der Waals surface area (Å²) in [6.45, 7) is 10.4. The summed E-state index contributed by atoms with van der Waals surface area (Å²) in [4.78, 5) is 2.66. The molecule has 70 valence electrons.